The number of carbonyl (C=O) groups excluding carboxylic acids is 2. The molecule has 1 aliphatic heterocycles. The first-order valence-corrected chi connectivity index (χ1v) is 9.90. The van der Waals surface area contributed by atoms with Crippen molar-refractivity contribution in [2.24, 2.45) is 0 Å². The molecule has 3 rings (SSSR count). The molecule has 0 bridgehead atoms. The first kappa shape index (κ1) is 23.3. The molecule has 1 saturated heterocycles. The van der Waals surface area contributed by atoms with E-state index in [0.29, 0.717) is 43.8 Å². The van der Waals surface area contributed by atoms with Crippen LogP contribution in [0, 0.1) is 0 Å². The molecule has 1 aromatic carbocycles. The Morgan fingerprint density at radius 2 is 1.81 bits per heavy atom. The number of rotatable bonds is 7. The molecule has 2 heterocycles. The minimum atomic E-state index is -4.64. The second kappa shape index (κ2) is 10.3. The van der Waals surface area contributed by atoms with Crippen molar-refractivity contribution in [3.8, 4) is 0 Å². The summed E-state index contributed by atoms with van der Waals surface area (Å²) in [5, 5.41) is 7.90. The summed E-state index contributed by atoms with van der Waals surface area (Å²) >= 11 is 0. The normalized spacial score (nSPS) is 14.1. The van der Waals surface area contributed by atoms with E-state index in [1.807, 2.05) is 0 Å². The van der Waals surface area contributed by atoms with Crippen LogP contribution in [0.1, 0.15) is 22.8 Å². The molecule has 0 spiro atoms. The summed E-state index contributed by atoms with van der Waals surface area (Å²) in [5.41, 5.74) is -0.0177. The average Bonchev–Trinajstić information content (AvgIpc) is 2.76. The highest BCUT2D eigenvalue weighted by atomic mass is 19.4. The van der Waals surface area contributed by atoms with Gasteiger partial charge in [0.15, 0.2) is 0 Å². The zero-order valence-corrected chi connectivity index (χ0v) is 17.3. The van der Waals surface area contributed by atoms with Crippen LogP contribution in [0.25, 0.3) is 0 Å². The first-order chi connectivity index (χ1) is 15.2. The molecule has 1 aromatic heterocycles. The minimum absolute atomic E-state index is 0.0488. The Bertz CT molecular complexity index is 947. The molecule has 1 aliphatic rings. The number of carbonyl (C=O) groups is 2. The fourth-order valence-electron chi connectivity index (χ4n) is 2.98. The number of amides is 2. The quantitative estimate of drug-likeness (QED) is 0.553. The number of morpholine rings is 1. The molecule has 9 nitrogen and oxygen atoms in total. The molecule has 0 atom stereocenters. The van der Waals surface area contributed by atoms with Crippen LogP contribution in [0.4, 0.5) is 30.6 Å². The largest absolute Gasteiger partial charge is 0.421 e. The number of nitrogens with one attached hydrogen (secondary N) is 3. The molecule has 0 unspecified atom stereocenters. The Morgan fingerprint density at radius 1 is 1.12 bits per heavy atom. The Morgan fingerprint density at radius 3 is 2.44 bits per heavy atom. The van der Waals surface area contributed by atoms with Gasteiger partial charge in [-0.15, -0.1) is 0 Å². The van der Waals surface area contributed by atoms with Gasteiger partial charge >= 0.3 is 6.18 Å². The Hall–Kier alpha value is -3.41. The van der Waals surface area contributed by atoms with Crippen LogP contribution in [0.15, 0.2) is 30.5 Å². The predicted molar refractivity (Wildman–Crippen MR) is 111 cm³/mol. The van der Waals surface area contributed by atoms with Gasteiger partial charge in [-0.05, 0) is 24.3 Å². The summed E-state index contributed by atoms with van der Waals surface area (Å²) in [6, 6.07) is 6.49. The molecular weight excluding hydrogens is 429 g/mol. The SMILES string of the molecule is CC(=O)NCCNc1nc(Nc2ccc(C(=O)N3CCOCC3)cc2)ncc1C(F)(F)F. The van der Waals surface area contributed by atoms with E-state index in [9.17, 15) is 22.8 Å². The van der Waals surface area contributed by atoms with E-state index in [2.05, 4.69) is 25.9 Å². The number of anilines is 3. The number of hydrogen-bond acceptors (Lipinski definition) is 7. The van der Waals surface area contributed by atoms with E-state index < -0.39 is 17.6 Å². The number of nitrogens with zero attached hydrogens (tertiary/aromatic N) is 3. The molecule has 0 aliphatic carbocycles. The number of ether oxygens (including phenoxy) is 1. The van der Waals surface area contributed by atoms with E-state index in [4.69, 9.17) is 4.74 Å². The van der Waals surface area contributed by atoms with Gasteiger partial charge in [0.25, 0.3) is 5.91 Å². The molecule has 1 fully saturated rings. The summed E-state index contributed by atoms with van der Waals surface area (Å²) < 4.78 is 45.0. The van der Waals surface area contributed by atoms with Crippen LogP contribution in [-0.4, -0.2) is 66.1 Å². The number of aromatic nitrogens is 2. The molecule has 0 radical (unpaired) electrons. The lowest BCUT2D eigenvalue weighted by Gasteiger charge is -2.26. The van der Waals surface area contributed by atoms with Gasteiger partial charge in [0.2, 0.25) is 11.9 Å². The number of halogens is 3. The lowest BCUT2D eigenvalue weighted by molar-refractivity contribution is -0.137. The summed E-state index contributed by atoms with van der Waals surface area (Å²) in [4.78, 5) is 32.8. The van der Waals surface area contributed by atoms with E-state index in [1.165, 1.54) is 6.92 Å². The average molecular weight is 452 g/mol. The topological polar surface area (TPSA) is 108 Å². The van der Waals surface area contributed by atoms with Crippen molar-refractivity contribution in [1.82, 2.24) is 20.2 Å². The molecule has 0 saturated carbocycles. The molecular formula is C20H23F3N6O3. The van der Waals surface area contributed by atoms with Gasteiger partial charge in [0, 0.05) is 50.6 Å². The third-order valence-electron chi connectivity index (χ3n) is 4.57. The molecule has 2 aromatic rings. The van der Waals surface area contributed by atoms with Crippen LogP contribution in [-0.2, 0) is 15.7 Å². The van der Waals surface area contributed by atoms with E-state index in [1.54, 1.807) is 29.2 Å². The predicted octanol–water partition coefficient (Wildman–Crippen LogP) is 2.26. The van der Waals surface area contributed by atoms with Crippen molar-refractivity contribution in [3.63, 3.8) is 0 Å². The molecule has 12 heteroatoms. The maximum Gasteiger partial charge on any atom is 0.421 e. The van der Waals surface area contributed by atoms with E-state index >= 15 is 0 Å². The van der Waals surface area contributed by atoms with Crippen molar-refractivity contribution in [3.05, 3.63) is 41.6 Å². The van der Waals surface area contributed by atoms with Gasteiger partial charge in [-0.2, -0.15) is 18.2 Å². The van der Waals surface area contributed by atoms with Crippen molar-refractivity contribution >= 4 is 29.3 Å². The number of benzene rings is 1. The van der Waals surface area contributed by atoms with Crippen LogP contribution in [0.2, 0.25) is 0 Å². The zero-order chi connectivity index (χ0) is 23.1. The lowest BCUT2D eigenvalue weighted by atomic mass is 10.1. The molecule has 172 valence electrons. The van der Waals surface area contributed by atoms with Gasteiger partial charge in [0.05, 0.1) is 13.2 Å². The second-order valence-electron chi connectivity index (χ2n) is 6.97. The Balaban J connectivity index is 1.69. The lowest BCUT2D eigenvalue weighted by Crippen LogP contribution is -2.40. The fourth-order valence-corrected chi connectivity index (χ4v) is 2.98. The van der Waals surface area contributed by atoms with Crippen LogP contribution in [0.3, 0.4) is 0 Å². The first-order valence-electron chi connectivity index (χ1n) is 9.90. The minimum Gasteiger partial charge on any atom is -0.378 e. The Kier molecular flexibility index (Phi) is 7.46. The van der Waals surface area contributed by atoms with Crippen LogP contribution in [0.5, 0.6) is 0 Å². The summed E-state index contributed by atoms with van der Waals surface area (Å²) in [7, 11) is 0. The highest BCUT2D eigenvalue weighted by Crippen LogP contribution is 2.34. The summed E-state index contributed by atoms with van der Waals surface area (Å²) in [6.07, 6.45) is -3.96. The molecule has 2 amide bonds. The van der Waals surface area contributed by atoms with Crippen molar-refractivity contribution in [2.75, 3.05) is 50.0 Å². The molecule has 32 heavy (non-hydrogen) atoms. The fraction of sp³-hybridized carbons (Fsp3) is 0.400. The number of hydrogen-bond donors (Lipinski definition) is 3. The number of alkyl halides is 3. The van der Waals surface area contributed by atoms with Crippen molar-refractivity contribution in [1.29, 1.82) is 0 Å². The van der Waals surface area contributed by atoms with Gasteiger partial charge in [-0.1, -0.05) is 0 Å². The standard InChI is InChI=1S/C20H23F3N6O3/c1-13(30)24-6-7-25-17-16(20(21,22)23)12-26-19(28-17)27-15-4-2-14(3-5-15)18(31)29-8-10-32-11-9-29/h2-5,12H,6-11H2,1H3,(H,24,30)(H2,25,26,27,28). The maximum absolute atomic E-state index is 13.3. The monoisotopic (exact) mass is 452 g/mol. The van der Waals surface area contributed by atoms with Crippen LogP contribution < -0.4 is 16.0 Å². The van der Waals surface area contributed by atoms with Gasteiger partial charge in [0.1, 0.15) is 11.4 Å². The zero-order valence-electron chi connectivity index (χ0n) is 17.3. The van der Waals surface area contributed by atoms with E-state index in [0.717, 1.165) is 0 Å². The third kappa shape index (κ3) is 6.30. The smallest absolute Gasteiger partial charge is 0.378 e. The van der Waals surface area contributed by atoms with Crippen LogP contribution >= 0.6 is 0 Å². The third-order valence-corrected chi connectivity index (χ3v) is 4.57. The van der Waals surface area contributed by atoms with Gasteiger partial charge in [-0.25, -0.2) is 4.98 Å². The van der Waals surface area contributed by atoms with Crippen molar-refractivity contribution in [2.45, 2.75) is 13.1 Å². The summed E-state index contributed by atoms with van der Waals surface area (Å²) in [6.45, 7) is 3.55. The van der Waals surface area contributed by atoms with Crippen molar-refractivity contribution < 1.29 is 27.5 Å². The maximum atomic E-state index is 13.3. The Labute approximate surface area is 182 Å². The summed E-state index contributed by atoms with van der Waals surface area (Å²) in [5.74, 6) is -0.855. The highest BCUT2D eigenvalue weighted by Gasteiger charge is 2.35. The van der Waals surface area contributed by atoms with Gasteiger partial charge < -0.3 is 25.6 Å². The highest BCUT2D eigenvalue weighted by molar-refractivity contribution is 5.94. The van der Waals surface area contributed by atoms with Gasteiger partial charge in [-0.3, -0.25) is 9.59 Å². The molecule has 3 N–H and O–H groups in total. The second-order valence-corrected chi connectivity index (χ2v) is 6.97. The van der Waals surface area contributed by atoms with E-state index in [-0.39, 0.29) is 30.9 Å².